The summed E-state index contributed by atoms with van der Waals surface area (Å²) in [6.07, 6.45) is 5.82. The largest absolute Gasteiger partial charge is 0.390 e. The zero-order chi connectivity index (χ0) is 9.92. The highest BCUT2D eigenvalue weighted by Crippen LogP contribution is 2.58. The molecule has 0 spiro atoms. The van der Waals surface area contributed by atoms with Gasteiger partial charge in [0.1, 0.15) is 0 Å². The van der Waals surface area contributed by atoms with E-state index in [1.807, 2.05) is 0 Å². The summed E-state index contributed by atoms with van der Waals surface area (Å²) >= 11 is 0. The van der Waals surface area contributed by atoms with Gasteiger partial charge in [-0.25, -0.2) is 0 Å². The molecule has 0 aromatic heterocycles. The quantitative estimate of drug-likeness (QED) is 0.666. The van der Waals surface area contributed by atoms with E-state index in [0.29, 0.717) is 12.0 Å². The maximum atomic E-state index is 10.4. The second-order valence-electron chi connectivity index (χ2n) is 6.13. The Morgan fingerprint density at radius 3 is 2.21 bits per heavy atom. The number of aliphatic hydroxyl groups is 1. The van der Waals surface area contributed by atoms with Gasteiger partial charge in [-0.3, -0.25) is 0 Å². The summed E-state index contributed by atoms with van der Waals surface area (Å²) < 4.78 is 0. The molecule has 4 bridgehead atoms. The van der Waals surface area contributed by atoms with Crippen molar-refractivity contribution in [2.24, 2.45) is 29.4 Å². The van der Waals surface area contributed by atoms with E-state index in [1.54, 1.807) is 0 Å². The molecule has 2 nitrogen and oxygen atoms in total. The number of hydrogen-bond donors (Lipinski definition) is 2. The summed E-state index contributed by atoms with van der Waals surface area (Å²) in [4.78, 5) is 0. The van der Waals surface area contributed by atoms with Gasteiger partial charge in [-0.2, -0.15) is 0 Å². The first-order chi connectivity index (χ1) is 6.57. The lowest BCUT2D eigenvalue weighted by atomic mass is 9.49. The lowest BCUT2D eigenvalue weighted by Gasteiger charge is -2.59. The lowest BCUT2D eigenvalue weighted by molar-refractivity contribution is -0.154. The molecule has 80 valence electrons. The fourth-order valence-corrected chi connectivity index (χ4v) is 4.88. The van der Waals surface area contributed by atoms with Crippen LogP contribution in [0.4, 0.5) is 0 Å². The van der Waals surface area contributed by atoms with Gasteiger partial charge in [0.15, 0.2) is 0 Å². The third-order valence-corrected chi connectivity index (χ3v) is 4.92. The predicted molar refractivity (Wildman–Crippen MR) is 55.6 cm³/mol. The SMILES string of the molecule is CC(N)C1C2CC3CC1CC(O)(C3)C2. The summed E-state index contributed by atoms with van der Waals surface area (Å²) in [7, 11) is 0. The van der Waals surface area contributed by atoms with Crippen molar-refractivity contribution in [1.29, 1.82) is 0 Å². The van der Waals surface area contributed by atoms with Crippen molar-refractivity contribution >= 4 is 0 Å². The number of nitrogens with two attached hydrogens (primary N) is 1. The van der Waals surface area contributed by atoms with Crippen LogP contribution in [0.1, 0.15) is 39.0 Å². The summed E-state index contributed by atoms with van der Waals surface area (Å²) in [5, 5.41) is 10.4. The highest BCUT2D eigenvalue weighted by molar-refractivity contribution is 5.06. The fraction of sp³-hybridized carbons (Fsp3) is 1.00. The second-order valence-corrected chi connectivity index (χ2v) is 6.13. The van der Waals surface area contributed by atoms with Gasteiger partial charge < -0.3 is 10.8 Å². The summed E-state index contributed by atoms with van der Waals surface area (Å²) in [6.45, 7) is 2.15. The molecule has 4 saturated carbocycles. The van der Waals surface area contributed by atoms with Gasteiger partial charge in [-0.1, -0.05) is 0 Å². The second kappa shape index (κ2) is 2.73. The molecular formula is C12H21NO. The standard InChI is InChI=1S/C12H21NO/c1-7(13)11-9-2-8-3-10(11)6-12(14,4-8)5-9/h7-11,14H,2-6,13H2,1H3. The summed E-state index contributed by atoms with van der Waals surface area (Å²) in [6, 6.07) is 0.327. The minimum atomic E-state index is -0.290. The molecule has 0 radical (unpaired) electrons. The molecule has 14 heavy (non-hydrogen) atoms. The van der Waals surface area contributed by atoms with Crippen molar-refractivity contribution in [3.05, 3.63) is 0 Å². The van der Waals surface area contributed by atoms with Gasteiger partial charge >= 0.3 is 0 Å². The van der Waals surface area contributed by atoms with Crippen LogP contribution in [-0.4, -0.2) is 16.7 Å². The monoisotopic (exact) mass is 195 g/mol. The van der Waals surface area contributed by atoms with E-state index in [4.69, 9.17) is 5.73 Å². The first-order valence-corrected chi connectivity index (χ1v) is 6.05. The zero-order valence-corrected chi connectivity index (χ0v) is 8.95. The van der Waals surface area contributed by atoms with Crippen LogP contribution in [-0.2, 0) is 0 Å². The molecule has 3 N–H and O–H groups in total. The summed E-state index contributed by atoms with van der Waals surface area (Å²) in [5.41, 5.74) is 5.79. The molecule has 4 aliphatic rings. The Kier molecular flexibility index (Phi) is 1.79. The molecule has 4 rings (SSSR count). The average Bonchev–Trinajstić information content (AvgIpc) is 1.97. The first-order valence-electron chi connectivity index (χ1n) is 6.05. The number of rotatable bonds is 1. The molecule has 2 heteroatoms. The Hall–Kier alpha value is -0.0800. The van der Waals surface area contributed by atoms with Crippen molar-refractivity contribution in [1.82, 2.24) is 0 Å². The number of hydrogen-bond acceptors (Lipinski definition) is 2. The van der Waals surface area contributed by atoms with Crippen molar-refractivity contribution < 1.29 is 5.11 Å². The van der Waals surface area contributed by atoms with Gasteiger partial charge in [-0.15, -0.1) is 0 Å². The summed E-state index contributed by atoms with van der Waals surface area (Å²) in [5.74, 6) is 2.97. The Labute approximate surface area is 85.9 Å². The molecule has 0 aromatic carbocycles. The van der Waals surface area contributed by atoms with E-state index in [0.717, 1.165) is 37.0 Å². The molecule has 4 fully saturated rings. The van der Waals surface area contributed by atoms with Crippen LogP contribution in [0.15, 0.2) is 0 Å². The predicted octanol–water partition coefficient (Wildman–Crippen LogP) is 1.52. The zero-order valence-electron chi connectivity index (χ0n) is 8.95. The highest BCUT2D eigenvalue weighted by Gasteiger charge is 2.55. The van der Waals surface area contributed by atoms with Crippen molar-refractivity contribution in [3.8, 4) is 0 Å². The maximum Gasteiger partial charge on any atom is 0.0656 e. The van der Waals surface area contributed by atoms with Crippen molar-refractivity contribution in [2.45, 2.75) is 50.7 Å². The van der Waals surface area contributed by atoms with Gasteiger partial charge in [0.2, 0.25) is 0 Å². The first kappa shape index (κ1) is 9.17. The Morgan fingerprint density at radius 2 is 1.79 bits per heavy atom. The van der Waals surface area contributed by atoms with E-state index in [9.17, 15) is 5.11 Å². The molecule has 0 aromatic rings. The Balaban J connectivity index is 1.89. The van der Waals surface area contributed by atoms with Gasteiger partial charge in [0.25, 0.3) is 0 Å². The van der Waals surface area contributed by atoms with Crippen LogP contribution in [0, 0.1) is 23.7 Å². The molecule has 3 atom stereocenters. The molecule has 4 aliphatic carbocycles. The molecule has 0 heterocycles. The van der Waals surface area contributed by atoms with Crippen LogP contribution in [0.2, 0.25) is 0 Å². The van der Waals surface area contributed by atoms with Gasteiger partial charge in [-0.05, 0) is 62.7 Å². The smallest absolute Gasteiger partial charge is 0.0656 e. The third-order valence-electron chi connectivity index (χ3n) is 4.92. The van der Waals surface area contributed by atoms with Crippen LogP contribution in [0.25, 0.3) is 0 Å². The highest BCUT2D eigenvalue weighted by atomic mass is 16.3. The van der Waals surface area contributed by atoms with Crippen LogP contribution >= 0.6 is 0 Å². The fourth-order valence-electron chi connectivity index (χ4n) is 4.88. The van der Waals surface area contributed by atoms with Crippen LogP contribution in [0.5, 0.6) is 0 Å². The van der Waals surface area contributed by atoms with Crippen LogP contribution < -0.4 is 5.73 Å². The van der Waals surface area contributed by atoms with Crippen molar-refractivity contribution in [2.75, 3.05) is 0 Å². The molecule has 3 unspecified atom stereocenters. The molecule has 0 aliphatic heterocycles. The minimum absolute atomic E-state index is 0.290. The van der Waals surface area contributed by atoms with E-state index >= 15 is 0 Å². The van der Waals surface area contributed by atoms with E-state index in [1.165, 1.54) is 12.8 Å². The molecule has 0 amide bonds. The third kappa shape index (κ3) is 1.17. The Morgan fingerprint density at radius 1 is 1.21 bits per heavy atom. The van der Waals surface area contributed by atoms with E-state index < -0.39 is 0 Å². The van der Waals surface area contributed by atoms with E-state index in [-0.39, 0.29) is 5.60 Å². The normalized spacial score (nSPS) is 57.6. The average molecular weight is 195 g/mol. The van der Waals surface area contributed by atoms with E-state index in [2.05, 4.69) is 6.92 Å². The molecular weight excluding hydrogens is 174 g/mol. The Bertz CT molecular complexity index is 235. The lowest BCUT2D eigenvalue weighted by Crippen LogP contribution is -2.57. The van der Waals surface area contributed by atoms with Crippen LogP contribution in [0.3, 0.4) is 0 Å². The van der Waals surface area contributed by atoms with Gasteiger partial charge in [0, 0.05) is 6.04 Å². The van der Waals surface area contributed by atoms with Crippen molar-refractivity contribution in [3.63, 3.8) is 0 Å². The molecule has 0 saturated heterocycles. The minimum Gasteiger partial charge on any atom is -0.390 e. The van der Waals surface area contributed by atoms with Gasteiger partial charge in [0.05, 0.1) is 5.60 Å². The topological polar surface area (TPSA) is 46.2 Å². The maximum absolute atomic E-state index is 10.4.